The first-order valence-electron chi connectivity index (χ1n) is 4.88. The van der Waals surface area contributed by atoms with Crippen molar-refractivity contribution < 1.29 is 4.39 Å². The second kappa shape index (κ2) is 4.67. The molecule has 0 saturated carbocycles. The molecule has 0 radical (unpaired) electrons. The predicted octanol–water partition coefficient (Wildman–Crippen LogP) is 3.01. The van der Waals surface area contributed by atoms with Crippen LogP contribution in [0.1, 0.15) is 5.56 Å². The molecule has 2 aromatic rings. The molecule has 0 unspecified atom stereocenters. The lowest BCUT2D eigenvalue weighted by Gasteiger charge is -2.10. The zero-order valence-electron chi connectivity index (χ0n) is 9.04. The van der Waals surface area contributed by atoms with Crippen molar-refractivity contribution in [1.29, 1.82) is 0 Å². The van der Waals surface area contributed by atoms with Gasteiger partial charge in [-0.3, -0.25) is 0 Å². The summed E-state index contributed by atoms with van der Waals surface area (Å²) in [7, 11) is 0. The quantitative estimate of drug-likeness (QED) is 0.894. The third-order valence-electron chi connectivity index (χ3n) is 2.21. The van der Waals surface area contributed by atoms with E-state index in [1.165, 1.54) is 0 Å². The van der Waals surface area contributed by atoms with Crippen molar-refractivity contribution >= 4 is 33.4 Å². The highest BCUT2D eigenvalue weighted by atomic mass is 79.9. The molecule has 0 atom stereocenters. The minimum absolute atomic E-state index is 0.0256. The van der Waals surface area contributed by atoms with Crippen LogP contribution in [0.4, 0.5) is 21.8 Å². The number of anilines is 3. The van der Waals surface area contributed by atoms with E-state index in [-0.39, 0.29) is 11.8 Å². The average molecular weight is 297 g/mol. The summed E-state index contributed by atoms with van der Waals surface area (Å²) in [4.78, 5) is 7.36. The van der Waals surface area contributed by atoms with Crippen molar-refractivity contribution in [3.8, 4) is 0 Å². The van der Waals surface area contributed by atoms with Crippen LogP contribution in [0.25, 0.3) is 0 Å². The molecule has 0 fully saturated rings. The highest BCUT2D eigenvalue weighted by Gasteiger charge is 2.08. The van der Waals surface area contributed by atoms with E-state index in [1.807, 2.05) is 25.1 Å². The third kappa shape index (κ3) is 2.52. The minimum atomic E-state index is -0.549. The minimum Gasteiger partial charge on any atom is -0.368 e. The Bertz CT molecular complexity index is 559. The zero-order chi connectivity index (χ0) is 12.4. The van der Waals surface area contributed by atoms with Crippen molar-refractivity contribution in [3.63, 3.8) is 0 Å². The van der Waals surface area contributed by atoms with Crippen LogP contribution < -0.4 is 11.1 Å². The maximum atomic E-state index is 13.4. The highest BCUT2D eigenvalue weighted by molar-refractivity contribution is 9.10. The molecule has 1 aromatic carbocycles. The van der Waals surface area contributed by atoms with E-state index in [1.54, 1.807) is 0 Å². The van der Waals surface area contributed by atoms with Gasteiger partial charge in [-0.05, 0) is 34.5 Å². The van der Waals surface area contributed by atoms with E-state index in [9.17, 15) is 4.39 Å². The molecule has 0 saturated heterocycles. The third-order valence-corrected chi connectivity index (χ3v) is 3.26. The molecule has 4 nitrogen and oxygen atoms in total. The Kier molecular flexibility index (Phi) is 3.23. The van der Waals surface area contributed by atoms with Crippen LogP contribution in [0.2, 0.25) is 0 Å². The van der Waals surface area contributed by atoms with Crippen LogP contribution >= 0.6 is 15.9 Å². The second-order valence-corrected chi connectivity index (χ2v) is 4.28. The Morgan fingerprint density at radius 3 is 2.94 bits per heavy atom. The van der Waals surface area contributed by atoms with Gasteiger partial charge in [0.05, 0.1) is 11.9 Å². The summed E-state index contributed by atoms with van der Waals surface area (Å²) < 4.78 is 14.3. The van der Waals surface area contributed by atoms with E-state index in [4.69, 9.17) is 5.73 Å². The first-order chi connectivity index (χ1) is 8.08. The Balaban J connectivity index is 2.38. The summed E-state index contributed by atoms with van der Waals surface area (Å²) in [6.07, 6.45) is 1.04. The van der Waals surface area contributed by atoms with Crippen LogP contribution in [-0.2, 0) is 0 Å². The molecule has 0 aliphatic heterocycles. The molecule has 17 heavy (non-hydrogen) atoms. The van der Waals surface area contributed by atoms with Gasteiger partial charge in [0, 0.05) is 4.47 Å². The van der Waals surface area contributed by atoms with Gasteiger partial charge in [-0.2, -0.15) is 4.98 Å². The van der Waals surface area contributed by atoms with E-state index >= 15 is 0 Å². The van der Waals surface area contributed by atoms with Crippen molar-refractivity contribution in [2.24, 2.45) is 0 Å². The van der Waals surface area contributed by atoms with Gasteiger partial charge < -0.3 is 11.1 Å². The van der Waals surface area contributed by atoms with Crippen LogP contribution in [0, 0.1) is 12.7 Å². The molecule has 0 bridgehead atoms. The average Bonchev–Trinajstić information content (AvgIpc) is 2.30. The van der Waals surface area contributed by atoms with Gasteiger partial charge in [-0.1, -0.05) is 12.1 Å². The summed E-state index contributed by atoms with van der Waals surface area (Å²) in [6, 6.07) is 5.62. The zero-order valence-corrected chi connectivity index (χ0v) is 10.6. The van der Waals surface area contributed by atoms with Crippen molar-refractivity contribution in [2.75, 3.05) is 11.1 Å². The second-order valence-electron chi connectivity index (χ2n) is 3.49. The van der Waals surface area contributed by atoms with Gasteiger partial charge in [0.1, 0.15) is 0 Å². The summed E-state index contributed by atoms with van der Waals surface area (Å²) in [5.74, 6) is -0.464. The number of benzene rings is 1. The Morgan fingerprint density at radius 2 is 2.18 bits per heavy atom. The Morgan fingerprint density at radius 1 is 1.41 bits per heavy atom. The first kappa shape index (κ1) is 11.8. The molecule has 88 valence electrons. The molecule has 0 aliphatic carbocycles. The fourth-order valence-corrected chi connectivity index (χ4v) is 1.70. The standard InChI is InChI=1S/C11H10BrFN4/c1-6-3-2-4-8(9(6)12)16-10-7(13)5-15-11(14)17-10/h2-5H,1H3,(H3,14,15,16,17). The smallest absolute Gasteiger partial charge is 0.222 e. The molecular weight excluding hydrogens is 287 g/mol. The number of hydrogen-bond acceptors (Lipinski definition) is 4. The molecule has 0 aliphatic rings. The van der Waals surface area contributed by atoms with Crippen molar-refractivity contribution in [3.05, 3.63) is 40.2 Å². The number of nitrogen functional groups attached to an aromatic ring is 1. The number of halogens is 2. The van der Waals surface area contributed by atoms with E-state index < -0.39 is 5.82 Å². The summed E-state index contributed by atoms with van der Waals surface area (Å²) in [6.45, 7) is 1.94. The number of nitrogens with two attached hydrogens (primary N) is 1. The van der Waals surface area contributed by atoms with Gasteiger partial charge in [0.25, 0.3) is 0 Å². The lowest BCUT2D eigenvalue weighted by atomic mass is 10.2. The van der Waals surface area contributed by atoms with E-state index in [0.717, 1.165) is 21.9 Å². The number of nitrogens with one attached hydrogen (secondary N) is 1. The molecule has 0 amide bonds. The summed E-state index contributed by atoms with van der Waals surface area (Å²) in [5, 5.41) is 2.87. The first-order valence-corrected chi connectivity index (χ1v) is 5.67. The van der Waals surface area contributed by atoms with Crippen LogP contribution in [-0.4, -0.2) is 9.97 Å². The number of aromatic nitrogens is 2. The van der Waals surface area contributed by atoms with Crippen LogP contribution in [0.3, 0.4) is 0 Å². The van der Waals surface area contributed by atoms with E-state index in [0.29, 0.717) is 0 Å². The van der Waals surface area contributed by atoms with Crippen molar-refractivity contribution in [2.45, 2.75) is 6.92 Å². The molecule has 1 aromatic heterocycles. The monoisotopic (exact) mass is 296 g/mol. The van der Waals surface area contributed by atoms with Gasteiger partial charge in [0.2, 0.25) is 5.95 Å². The van der Waals surface area contributed by atoms with E-state index in [2.05, 4.69) is 31.2 Å². The largest absolute Gasteiger partial charge is 0.368 e. The Labute approximate surface area is 106 Å². The molecule has 2 rings (SSSR count). The number of rotatable bonds is 2. The Hall–Kier alpha value is -1.69. The molecule has 0 spiro atoms. The summed E-state index contributed by atoms with van der Waals surface area (Å²) in [5.41, 5.74) is 7.17. The van der Waals surface area contributed by atoms with Gasteiger partial charge in [-0.15, -0.1) is 0 Å². The molecule has 6 heteroatoms. The lowest BCUT2D eigenvalue weighted by molar-refractivity contribution is 0.620. The lowest BCUT2D eigenvalue weighted by Crippen LogP contribution is -2.03. The van der Waals surface area contributed by atoms with Crippen LogP contribution in [0.5, 0.6) is 0 Å². The fraction of sp³-hybridized carbons (Fsp3) is 0.0909. The fourth-order valence-electron chi connectivity index (χ4n) is 1.34. The topological polar surface area (TPSA) is 63.8 Å². The van der Waals surface area contributed by atoms with Crippen molar-refractivity contribution in [1.82, 2.24) is 9.97 Å². The molecule has 3 N–H and O–H groups in total. The number of nitrogens with zero attached hydrogens (tertiary/aromatic N) is 2. The maximum Gasteiger partial charge on any atom is 0.222 e. The van der Waals surface area contributed by atoms with Crippen LogP contribution in [0.15, 0.2) is 28.9 Å². The molecular formula is C11H10BrFN4. The van der Waals surface area contributed by atoms with Gasteiger partial charge >= 0.3 is 0 Å². The summed E-state index contributed by atoms with van der Waals surface area (Å²) >= 11 is 3.42. The highest BCUT2D eigenvalue weighted by Crippen LogP contribution is 2.28. The predicted molar refractivity (Wildman–Crippen MR) is 68.6 cm³/mol. The van der Waals surface area contributed by atoms with Gasteiger partial charge in [0.15, 0.2) is 11.6 Å². The number of hydrogen-bond donors (Lipinski definition) is 2. The van der Waals surface area contributed by atoms with Gasteiger partial charge in [-0.25, -0.2) is 9.37 Å². The molecule has 1 heterocycles. The number of aryl methyl sites for hydroxylation is 1. The normalized spacial score (nSPS) is 10.3. The maximum absolute atomic E-state index is 13.4. The SMILES string of the molecule is Cc1cccc(Nc2nc(N)ncc2F)c1Br.